The molecule has 1 aromatic heterocycles. The van der Waals surface area contributed by atoms with E-state index in [1.54, 1.807) is 0 Å². The predicted molar refractivity (Wildman–Crippen MR) is 52.5 cm³/mol. The third kappa shape index (κ3) is 2.22. The Morgan fingerprint density at radius 1 is 1.25 bits per heavy atom. The Hall–Kier alpha value is -1.05. The molecule has 0 unspecified atom stereocenters. The first-order valence-electron chi connectivity index (χ1n) is 4.30. The van der Waals surface area contributed by atoms with Crippen LogP contribution in [0.2, 0.25) is 0 Å². The van der Waals surface area contributed by atoms with E-state index in [0.717, 1.165) is 17.1 Å². The highest BCUT2D eigenvalue weighted by Gasteiger charge is 1.99. The molecule has 0 aliphatic carbocycles. The van der Waals surface area contributed by atoms with E-state index in [1.807, 2.05) is 19.9 Å². The minimum Gasteiger partial charge on any atom is -0.381 e. The third-order valence-corrected chi connectivity index (χ3v) is 1.67. The quantitative estimate of drug-likeness (QED) is 0.726. The van der Waals surface area contributed by atoms with Crippen LogP contribution in [0.1, 0.15) is 25.2 Å². The number of nitrogens with one attached hydrogen (secondary N) is 1. The van der Waals surface area contributed by atoms with Crippen LogP contribution < -0.4 is 5.32 Å². The molecule has 2 heteroatoms. The number of hydrogen-bond donors (Lipinski definition) is 1. The lowest BCUT2D eigenvalue weighted by molar-refractivity contribution is 0.892. The van der Waals surface area contributed by atoms with Gasteiger partial charge in [0.05, 0.1) is 11.4 Å². The second-order valence-electron chi connectivity index (χ2n) is 3.38. The maximum Gasteiger partial charge on any atom is 0.0606 e. The first kappa shape index (κ1) is 9.04. The van der Waals surface area contributed by atoms with Gasteiger partial charge in [0.25, 0.3) is 0 Å². The molecule has 0 atom stereocenters. The molecule has 0 saturated heterocycles. The van der Waals surface area contributed by atoms with Gasteiger partial charge in [0.15, 0.2) is 0 Å². The summed E-state index contributed by atoms with van der Waals surface area (Å²) in [5, 5.41) is 3.34. The number of rotatable bonds is 2. The van der Waals surface area contributed by atoms with Crippen molar-refractivity contribution < 1.29 is 0 Å². The van der Waals surface area contributed by atoms with Crippen molar-refractivity contribution >= 4 is 5.69 Å². The summed E-state index contributed by atoms with van der Waals surface area (Å²) >= 11 is 0. The Morgan fingerprint density at radius 3 is 2.42 bits per heavy atom. The monoisotopic (exact) mass is 164 g/mol. The van der Waals surface area contributed by atoms with E-state index in [9.17, 15) is 0 Å². The Balaban J connectivity index is 2.86. The normalized spacial score (nSPS) is 10.4. The average molecular weight is 164 g/mol. The van der Waals surface area contributed by atoms with Gasteiger partial charge in [-0.2, -0.15) is 0 Å². The summed E-state index contributed by atoms with van der Waals surface area (Å²) in [5.74, 6) is 0. The summed E-state index contributed by atoms with van der Waals surface area (Å²) in [5.41, 5.74) is 3.28. The van der Waals surface area contributed by atoms with Crippen LogP contribution in [0.5, 0.6) is 0 Å². The minimum absolute atomic E-state index is 0.466. The van der Waals surface area contributed by atoms with E-state index in [2.05, 4.69) is 30.2 Å². The van der Waals surface area contributed by atoms with Crippen molar-refractivity contribution in [3.8, 4) is 0 Å². The van der Waals surface area contributed by atoms with Crippen molar-refractivity contribution in [2.45, 2.75) is 33.7 Å². The zero-order valence-corrected chi connectivity index (χ0v) is 8.18. The van der Waals surface area contributed by atoms with Crippen molar-refractivity contribution in [2.24, 2.45) is 0 Å². The fraction of sp³-hybridized carbons (Fsp3) is 0.500. The smallest absolute Gasteiger partial charge is 0.0606 e. The molecule has 0 amide bonds. The first-order valence-corrected chi connectivity index (χ1v) is 4.30. The summed E-state index contributed by atoms with van der Waals surface area (Å²) in [6, 6.07) is 4.57. The van der Waals surface area contributed by atoms with Crippen LogP contribution in [0.4, 0.5) is 5.69 Å². The van der Waals surface area contributed by atoms with Gasteiger partial charge in [-0.1, -0.05) is 0 Å². The molecule has 0 spiro atoms. The third-order valence-electron chi connectivity index (χ3n) is 1.67. The first-order chi connectivity index (χ1) is 5.59. The molecule has 1 N–H and O–H groups in total. The van der Waals surface area contributed by atoms with Gasteiger partial charge in [0.2, 0.25) is 0 Å². The summed E-state index contributed by atoms with van der Waals surface area (Å²) < 4.78 is 0. The maximum absolute atomic E-state index is 4.36. The van der Waals surface area contributed by atoms with Crippen LogP contribution >= 0.6 is 0 Å². The van der Waals surface area contributed by atoms with E-state index in [0.29, 0.717) is 6.04 Å². The molecule has 0 saturated carbocycles. The van der Waals surface area contributed by atoms with Crippen LogP contribution in [-0.2, 0) is 0 Å². The van der Waals surface area contributed by atoms with Crippen LogP contribution in [0.25, 0.3) is 0 Å². The van der Waals surface area contributed by atoms with Gasteiger partial charge in [-0.25, -0.2) is 0 Å². The van der Waals surface area contributed by atoms with E-state index in [1.165, 1.54) is 0 Å². The molecule has 0 radical (unpaired) electrons. The summed E-state index contributed by atoms with van der Waals surface area (Å²) in [7, 11) is 0. The van der Waals surface area contributed by atoms with Crippen molar-refractivity contribution in [1.29, 1.82) is 0 Å². The fourth-order valence-electron chi connectivity index (χ4n) is 1.15. The van der Waals surface area contributed by atoms with Gasteiger partial charge in [-0.15, -0.1) is 0 Å². The molecular formula is C10H16N2. The zero-order valence-electron chi connectivity index (χ0n) is 8.18. The molecule has 0 fully saturated rings. The number of aryl methyl sites for hydroxylation is 2. The Morgan fingerprint density at radius 2 is 1.92 bits per heavy atom. The largest absolute Gasteiger partial charge is 0.381 e. The van der Waals surface area contributed by atoms with Gasteiger partial charge < -0.3 is 5.32 Å². The average Bonchev–Trinajstić information content (AvgIpc) is 1.94. The molecule has 1 aromatic rings. The summed E-state index contributed by atoms with van der Waals surface area (Å²) in [6.07, 6.45) is 0. The molecule has 0 bridgehead atoms. The second-order valence-corrected chi connectivity index (χ2v) is 3.38. The van der Waals surface area contributed by atoms with E-state index >= 15 is 0 Å². The highest BCUT2D eigenvalue weighted by molar-refractivity contribution is 5.48. The maximum atomic E-state index is 4.36. The number of hydrogen-bond acceptors (Lipinski definition) is 2. The number of nitrogens with zero attached hydrogens (tertiary/aromatic N) is 1. The molecule has 12 heavy (non-hydrogen) atoms. The number of aromatic nitrogens is 1. The van der Waals surface area contributed by atoms with Crippen molar-refractivity contribution in [3.63, 3.8) is 0 Å². The lowest BCUT2D eigenvalue weighted by atomic mass is 10.2. The lowest BCUT2D eigenvalue weighted by Gasteiger charge is -2.11. The fourth-order valence-corrected chi connectivity index (χ4v) is 1.15. The second kappa shape index (κ2) is 3.57. The molecule has 0 aliphatic heterocycles. The van der Waals surface area contributed by atoms with Crippen molar-refractivity contribution in [1.82, 2.24) is 4.98 Å². The van der Waals surface area contributed by atoms with Crippen LogP contribution in [0.3, 0.4) is 0 Å². The van der Waals surface area contributed by atoms with E-state index < -0.39 is 0 Å². The zero-order chi connectivity index (χ0) is 9.14. The number of anilines is 1. The SMILES string of the molecule is Cc1ccc(NC(C)C)c(C)n1. The lowest BCUT2D eigenvalue weighted by Crippen LogP contribution is -2.11. The van der Waals surface area contributed by atoms with Gasteiger partial charge in [-0.05, 0) is 39.8 Å². The standard InChI is InChI=1S/C10H16N2/c1-7(2)11-10-6-5-8(3)12-9(10)4/h5-7,11H,1-4H3. The Bertz CT molecular complexity index is 267. The molecule has 0 aromatic carbocycles. The highest BCUT2D eigenvalue weighted by atomic mass is 14.9. The molecule has 0 aliphatic rings. The summed E-state index contributed by atoms with van der Waals surface area (Å²) in [6.45, 7) is 8.28. The highest BCUT2D eigenvalue weighted by Crippen LogP contribution is 2.13. The van der Waals surface area contributed by atoms with Crippen LogP contribution in [0.15, 0.2) is 12.1 Å². The van der Waals surface area contributed by atoms with Gasteiger partial charge in [0, 0.05) is 11.7 Å². The molecule has 66 valence electrons. The Kier molecular flexibility index (Phi) is 2.69. The molecular weight excluding hydrogens is 148 g/mol. The van der Waals surface area contributed by atoms with Crippen LogP contribution in [-0.4, -0.2) is 11.0 Å². The molecule has 1 heterocycles. The van der Waals surface area contributed by atoms with Crippen LogP contribution in [0, 0.1) is 13.8 Å². The topological polar surface area (TPSA) is 24.9 Å². The Labute approximate surface area is 74.0 Å². The van der Waals surface area contributed by atoms with Crippen molar-refractivity contribution in [3.05, 3.63) is 23.5 Å². The predicted octanol–water partition coefficient (Wildman–Crippen LogP) is 2.52. The van der Waals surface area contributed by atoms with E-state index in [4.69, 9.17) is 0 Å². The van der Waals surface area contributed by atoms with E-state index in [-0.39, 0.29) is 0 Å². The summed E-state index contributed by atoms with van der Waals surface area (Å²) in [4.78, 5) is 4.36. The molecule has 1 rings (SSSR count). The molecule has 2 nitrogen and oxygen atoms in total. The van der Waals surface area contributed by atoms with Gasteiger partial charge >= 0.3 is 0 Å². The number of pyridine rings is 1. The minimum atomic E-state index is 0.466. The van der Waals surface area contributed by atoms with Gasteiger partial charge in [-0.3, -0.25) is 4.98 Å². The van der Waals surface area contributed by atoms with Gasteiger partial charge in [0.1, 0.15) is 0 Å². The van der Waals surface area contributed by atoms with Crippen molar-refractivity contribution in [2.75, 3.05) is 5.32 Å².